The van der Waals surface area contributed by atoms with E-state index in [1.807, 2.05) is 48.5 Å². The van der Waals surface area contributed by atoms with Gasteiger partial charge in [0.25, 0.3) is 0 Å². The fourth-order valence-electron chi connectivity index (χ4n) is 6.74. The lowest BCUT2D eigenvalue weighted by Gasteiger charge is -2.22. The summed E-state index contributed by atoms with van der Waals surface area (Å²) in [6, 6.07) is 55.0. The summed E-state index contributed by atoms with van der Waals surface area (Å²) in [6.45, 7) is 4.50. The average molecular weight is 602 g/mol. The van der Waals surface area contributed by atoms with Crippen molar-refractivity contribution in [1.82, 2.24) is 9.97 Å². The van der Waals surface area contributed by atoms with Crippen LogP contribution in [0.2, 0.25) is 0 Å². The first-order valence-electron chi connectivity index (χ1n) is 15.9. The smallest absolute Gasteiger partial charge is 0.160 e. The maximum atomic E-state index is 9.46. The highest BCUT2D eigenvalue weighted by Crippen LogP contribution is 2.50. The van der Waals surface area contributed by atoms with E-state index >= 15 is 0 Å². The van der Waals surface area contributed by atoms with Crippen LogP contribution in [0.3, 0.4) is 0 Å². The fourth-order valence-corrected chi connectivity index (χ4v) is 6.74. The molecule has 6 aromatic carbocycles. The number of hydrogen-bond acceptors (Lipinski definition) is 3. The predicted octanol–water partition coefficient (Wildman–Crippen LogP) is 11.0. The maximum absolute atomic E-state index is 9.46. The molecular formula is C44H31N3. The molecule has 1 aliphatic rings. The molecule has 1 aliphatic carbocycles. The van der Waals surface area contributed by atoms with Crippen molar-refractivity contribution < 1.29 is 0 Å². The van der Waals surface area contributed by atoms with Gasteiger partial charge in [-0.25, -0.2) is 9.97 Å². The number of nitrogens with zero attached hydrogens (tertiary/aromatic N) is 3. The molecule has 1 heterocycles. The zero-order chi connectivity index (χ0) is 32.0. The molecule has 47 heavy (non-hydrogen) atoms. The van der Waals surface area contributed by atoms with Crippen molar-refractivity contribution in [3.63, 3.8) is 0 Å². The molecule has 0 amide bonds. The van der Waals surface area contributed by atoms with Gasteiger partial charge < -0.3 is 0 Å². The Balaban J connectivity index is 1.08. The van der Waals surface area contributed by atoms with Crippen LogP contribution in [0, 0.1) is 11.3 Å². The van der Waals surface area contributed by atoms with E-state index < -0.39 is 0 Å². The van der Waals surface area contributed by atoms with Crippen LogP contribution in [0.25, 0.3) is 67.3 Å². The molecule has 0 fully saturated rings. The second-order valence-corrected chi connectivity index (χ2v) is 12.6. The van der Waals surface area contributed by atoms with Crippen molar-refractivity contribution in [2.24, 2.45) is 0 Å². The van der Waals surface area contributed by atoms with E-state index in [1.165, 1.54) is 33.4 Å². The van der Waals surface area contributed by atoms with Gasteiger partial charge in [-0.1, -0.05) is 141 Å². The number of benzene rings is 6. The summed E-state index contributed by atoms with van der Waals surface area (Å²) >= 11 is 0. The third-order valence-corrected chi connectivity index (χ3v) is 9.37. The van der Waals surface area contributed by atoms with Crippen LogP contribution in [-0.2, 0) is 5.41 Å². The van der Waals surface area contributed by atoms with E-state index in [0.717, 1.165) is 39.2 Å². The minimum absolute atomic E-state index is 0.164. The molecule has 0 radical (unpaired) electrons. The molecule has 0 spiro atoms. The molecule has 0 aliphatic heterocycles. The van der Waals surface area contributed by atoms with Gasteiger partial charge in [-0.2, -0.15) is 5.26 Å². The number of fused-ring (bicyclic) bond motifs is 3. The standard InChI is InChI=1S/C44H31N3/c1-44(2)39-25-29(28-45)13-23-37(39)38-24-22-36(26-40(38)44)32-16-14-30(15-17-32)31-18-20-34(21-19-31)42-27-41(33-9-5-3-6-10-33)46-43(47-42)35-11-7-4-8-12-35/h3-27H,1-2H3. The van der Waals surface area contributed by atoms with E-state index in [-0.39, 0.29) is 5.41 Å². The summed E-state index contributed by atoms with van der Waals surface area (Å²) in [7, 11) is 0. The van der Waals surface area contributed by atoms with Gasteiger partial charge in [0.15, 0.2) is 5.82 Å². The zero-order valence-corrected chi connectivity index (χ0v) is 26.3. The normalized spacial score (nSPS) is 12.6. The molecule has 222 valence electrons. The van der Waals surface area contributed by atoms with Crippen LogP contribution in [0.4, 0.5) is 0 Å². The number of aromatic nitrogens is 2. The summed E-state index contributed by atoms with van der Waals surface area (Å²) in [5.41, 5.74) is 15.1. The molecular weight excluding hydrogens is 571 g/mol. The Morgan fingerprint density at radius 2 is 0.894 bits per heavy atom. The van der Waals surface area contributed by atoms with Crippen LogP contribution >= 0.6 is 0 Å². The molecule has 0 atom stereocenters. The SMILES string of the molecule is CC1(C)c2cc(C#N)ccc2-c2ccc(-c3ccc(-c4ccc(-c5cc(-c6ccccc6)nc(-c6ccccc6)n5)cc4)cc3)cc21. The van der Waals surface area contributed by atoms with Gasteiger partial charge in [-0.15, -0.1) is 0 Å². The van der Waals surface area contributed by atoms with E-state index in [0.29, 0.717) is 11.4 Å². The molecule has 3 nitrogen and oxygen atoms in total. The second-order valence-electron chi connectivity index (χ2n) is 12.6. The summed E-state index contributed by atoms with van der Waals surface area (Å²) in [4.78, 5) is 9.90. The summed E-state index contributed by atoms with van der Waals surface area (Å²) < 4.78 is 0. The minimum Gasteiger partial charge on any atom is -0.228 e. The van der Waals surface area contributed by atoms with Crippen LogP contribution in [0.1, 0.15) is 30.5 Å². The maximum Gasteiger partial charge on any atom is 0.160 e. The Bertz CT molecular complexity index is 2240. The summed E-state index contributed by atoms with van der Waals surface area (Å²) in [6.07, 6.45) is 0. The van der Waals surface area contributed by atoms with Crippen molar-refractivity contribution in [2.75, 3.05) is 0 Å². The van der Waals surface area contributed by atoms with Crippen LogP contribution in [0.15, 0.2) is 152 Å². The van der Waals surface area contributed by atoms with Gasteiger partial charge in [0, 0.05) is 22.1 Å². The number of nitriles is 1. The van der Waals surface area contributed by atoms with Crippen molar-refractivity contribution in [3.05, 3.63) is 168 Å². The van der Waals surface area contributed by atoms with Gasteiger partial charge in [0.05, 0.1) is 23.0 Å². The predicted molar refractivity (Wildman–Crippen MR) is 191 cm³/mol. The van der Waals surface area contributed by atoms with E-state index in [4.69, 9.17) is 9.97 Å². The second kappa shape index (κ2) is 11.4. The molecule has 1 aromatic heterocycles. The highest BCUT2D eigenvalue weighted by Gasteiger charge is 2.35. The highest BCUT2D eigenvalue weighted by molar-refractivity contribution is 5.84. The minimum atomic E-state index is -0.164. The zero-order valence-electron chi connectivity index (χ0n) is 26.3. The first-order valence-corrected chi connectivity index (χ1v) is 15.9. The molecule has 3 heteroatoms. The van der Waals surface area contributed by atoms with Gasteiger partial charge >= 0.3 is 0 Å². The lowest BCUT2D eigenvalue weighted by atomic mass is 9.81. The average Bonchev–Trinajstić information content (AvgIpc) is 3.37. The third kappa shape index (κ3) is 5.11. The van der Waals surface area contributed by atoms with E-state index in [1.54, 1.807) is 0 Å². The van der Waals surface area contributed by atoms with E-state index in [9.17, 15) is 5.26 Å². The lowest BCUT2D eigenvalue weighted by Crippen LogP contribution is -2.15. The Morgan fingerprint density at radius 3 is 1.47 bits per heavy atom. The van der Waals surface area contributed by atoms with Crippen molar-refractivity contribution >= 4 is 0 Å². The van der Waals surface area contributed by atoms with Crippen LogP contribution in [0.5, 0.6) is 0 Å². The van der Waals surface area contributed by atoms with Gasteiger partial charge in [0.2, 0.25) is 0 Å². The quantitative estimate of drug-likeness (QED) is 0.197. The Morgan fingerprint density at radius 1 is 0.447 bits per heavy atom. The summed E-state index contributed by atoms with van der Waals surface area (Å²) in [5.74, 6) is 0.715. The Kier molecular flexibility index (Phi) is 6.85. The third-order valence-electron chi connectivity index (χ3n) is 9.37. The fraction of sp³-hybridized carbons (Fsp3) is 0.0682. The number of hydrogen-bond donors (Lipinski definition) is 0. The molecule has 7 aromatic rings. The van der Waals surface area contributed by atoms with Crippen molar-refractivity contribution in [2.45, 2.75) is 19.3 Å². The first kappa shape index (κ1) is 28.4. The molecule has 8 rings (SSSR count). The van der Waals surface area contributed by atoms with Crippen molar-refractivity contribution in [1.29, 1.82) is 5.26 Å². The lowest BCUT2D eigenvalue weighted by molar-refractivity contribution is 0.660. The van der Waals surface area contributed by atoms with Crippen LogP contribution < -0.4 is 0 Å². The van der Waals surface area contributed by atoms with Crippen LogP contribution in [-0.4, -0.2) is 9.97 Å². The highest BCUT2D eigenvalue weighted by atomic mass is 14.9. The van der Waals surface area contributed by atoms with Gasteiger partial charge in [0.1, 0.15) is 0 Å². The molecule has 0 saturated carbocycles. The Labute approximate surface area is 275 Å². The van der Waals surface area contributed by atoms with E-state index in [2.05, 4.69) is 123 Å². The monoisotopic (exact) mass is 601 g/mol. The Hall–Kier alpha value is -6.11. The summed E-state index contributed by atoms with van der Waals surface area (Å²) in [5, 5.41) is 9.46. The largest absolute Gasteiger partial charge is 0.228 e. The molecule has 0 N–H and O–H groups in total. The number of rotatable bonds is 5. The van der Waals surface area contributed by atoms with Gasteiger partial charge in [-0.3, -0.25) is 0 Å². The topological polar surface area (TPSA) is 49.6 Å². The molecule has 0 unspecified atom stereocenters. The van der Waals surface area contributed by atoms with Gasteiger partial charge in [-0.05, 0) is 68.8 Å². The first-order chi connectivity index (χ1) is 23.0. The molecule has 0 saturated heterocycles. The van der Waals surface area contributed by atoms with Crippen molar-refractivity contribution in [3.8, 4) is 73.4 Å². The molecule has 0 bridgehead atoms.